The first-order valence-electron chi connectivity index (χ1n) is 9.15. The molecule has 0 spiro atoms. The first kappa shape index (κ1) is 19.9. The smallest absolute Gasteiger partial charge is 0.230 e. The van der Waals surface area contributed by atoms with Crippen molar-refractivity contribution in [3.8, 4) is 11.4 Å². The van der Waals surface area contributed by atoms with Crippen LogP contribution in [0.3, 0.4) is 0 Å². The van der Waals surface area contributed by atoms with Crippen LogP contribution in [-0.2, 0) is 18.3 Å². The van der Waals surface area contributed by atoms with Gasteiger partial charge in [0.15, 0.2) is 11.0 Å². The van der Waals surface area contributed by atoms with E-state index >= 15 is 0 Å². The summed E-state index contributed by atoms with van der Waals surface area (Å²) < 4.78 is 1.92. The van der Waals surface area contributed by atoms with E-state index < -0.39 is 0 Å². The van der Waals surface area contributed by atoms with Crippen LogP contribution in [-0.4, -0.2) is 47.1 Å². The molecule has 28 heavy (non-hydrogen) atoms. The second kappa shape index (κ2) is 9.41. The van der Waals surface area contributed by atoms with Crippen LogP contribution in [0.25, 0.3) is 11.4 Å². The Kier molecular flexibility index (Phi) is 6.71. The lowest BCUT2D eigenvalue weighted by atomic mass is 10.1. The third-order valence-corrected chi connectivity index (χ3v) is 5.41. The molecule has 0 fully saturated rings. The lowest BCUT2D eigenvalue weighted by molar-refractivity contribution is -0.118. The van der Waals surface area contributed by atoms with Gasteiger partial charge in [-0.15, -0.1) is 10.2 Å². The molecule has 0 aliphatic rings. The molecule has 0 radical (unpaired) electrons. The lowest BCUT2D eigenvalue weighted by Gasteiger charge is -2.12. The fourth-order valence-corrected chi connectivity index (χ4v) is 3.51. The van der Waals surface area contributed by atoms with Crippen molar-refractivity contribution < 1.29 is 4.79 Å². The van der Waals surface area contributed by atoms with E-state index in [0.29, 0.717) is 12.3 Å². The van der Waals surface area contributed by atoms with Gasteiger partial charge in [-0.3, -0.25) is 4.79 Å². The zero-order chi connectivity index (χ0) is 19.9. The predicted molar refractivity (Wildman–Crippen MR) is 115 cm³/mol. The van der Waals surface area contributed by atoms with Gasteiger partial charge in [-0.25, -0.2) is 0 Å². The number of amides is 1. The number of carbonyl (C=O) groups excluding carboxylic acids is 1. The van der Waals surface area contributed by atoms with Gasteiger partial charge in [-0.2, -0.15) is 0 Å². The summed E-state index contributed by atoms with van der Waals surface area (Å²) in [5, 5.41) is 12.2. The molecular weight excluding hydrogens is 370 g/mol. The van der Waals surface area contributed by atoms with E-state index in [1.807, 2.05) is 56.0 Å². The highest BCUT2D eigenvalue weighted by atomic mass is 32.2. The van der Waals surface area contributed by atoms with E-state index in [2.05, 4.69) is 44.7 Å². The molecule has 0 aliphatic heterocycles. The highest BCUT2D eigenvalue weighted by Gasteiger charge is 2.13. The summed E-state index contributed by atoms with van der Waals surface area (Å²) in [6, 6.07) is 18.3. The Bertz CT molecular complexity index is 906. The zero-order valence-electron chi connectivity index (χ0n) is 16.4. The van der Waals surface area contributed by atoms with Gasteiger partial charge in [0.1, 0.15) is 0 Å². The van der Waals surface area contributed by atoms with Crippen LogP contribution in [0.4, 0.5) is 5.69 Å². The first-order valence-corrected chi connectivity index (χ1v) is 10.1. The largest absolute Gasteiger partial charge is 0.378 e. The zero-order valence-corrected chi connectivity index (χ0v) is 17.2. The van der Waals surface area contributed by atoms with E-state index in [0.717, 1.165) is 28.7 Å². The van der Waals surface area contributed by atoms with Gasteiger partial charge >= 0.3 is 0 Å². The van der Waals surface area contributed by atoms with Crippen LogP contribution in [0.15, 0.2) is 59.8 Å². The number of hydrogen-bond donors (Lipinski definition) is 1. The topological polar surface area (TPSA) is 63.1 Å². The second-order valence-corrected chi connectivity index (χ2v) is 7.62. The number of aromatic nitrogens is 3. The van der Waals surface area contributed by atoms with Crippen molar-refractivity contribution in [3.63, 3.8) is 0 Å². The van der Waals surface area contributed by atoms with E-state index in [9.17, 15) is 4.79 Å². The van der Waals surface area contributed by atoms with Crippen molar-refractivity contribution in [2.75, 3.05) is 31.3 Å². The van der Waals surface area contributed by atoms with E-state index in [1.165, 1.54) is 17.3 Å². The highest BCUT2D eigenvalue weighted by molar-refractivity contribution is 7.99. The average Bonchev–Trinajstić information content (AvgIpc) is 3.07. The van der Waals surface area contributed by atoms with Crippen LogP contribution < -0.4 is 10.2 Å². The lowest BCUT2D eigenvalue weighted by Crippen LogP contribution is -2.27. The molecule has 0 unspecified atom stereocenters. The van der Waals surface area contributed by atoms with Crippen molar-refractivity contribution in [1.29, 1.82) is 0 Å². The molecular formula is C21H25N5OS. The molecule has 0 aliphatic carbocycles. The maximum Gasteiger partial charge on any atom is 0.230 e. The maximum absolute atomic E-state index is 12.1. The van der Waals surface area contributed by atoms with Crippen LogP contribution in [0.1, 0.15) is 5.56 Å². The Morgan fingerprint density at radius 1 is 1.07 bits per heavy atom. The Hall–Kier alpha value is -2.80. The van der Waals surface area contributed by atoms with Gasteiger partial charge in [-0.1, -0.05) is 42.1 Å². The number of thioether (sulfide) groups is 1. The van der Waals surface area contributed by atoms with Crippen molar-refractivity contribution in [3.05, 3.63) is 60.2 Å². The van der Waals surface area contributed by atoms with Crippen molar-refractivity contribution in [2.24, 2.45) is 7.05 Å². The van der Waals surface area contributed by atoms with E-state index in [1.54, 1.807) is 0 Å². The minimum atomic E-state index is 0.000757. The molecule has 1 amide bonds. The number of carbonyl (C=O) groups is 1. The van der Waals surface area contributed by atoms with Crippen LogP contribution in [0.2, 0.25) is 0 Å². The molecule has 6 nitrogen and oxygen atoms in total. The number of hydrogen-bond acceptors (Lipinski definition) is 5. The van der Waals surface area contributed by atoms with Gasteiger partial charge in [-0.05, 0) is 36.2 Å². The molecule has 0 saturated carbocycles. The molecule has 7 heteroatoms. The van der Waals surface area contributed by atoms with Gasteiger partial charge in [0.05, 0.1) is 5.75 Å². The molecule has 1 N–H and O–H groups in total. The first-order chi connectivity index (χ1) is 13.5. The quantitative estimate of drug-likeness (QED) is 0.594. The van der Waals surface area contributed by atoms with Crippen molar-refractivity contribution >= 4 is 23.4 Å². The van der Waals surface area contributed by atoms with E-state index in [-0.39, 0.29) is 5.91 Å². The summed E-state index contributed by atoms with van der Waals surface area (Å²) in [4.78, 5) is 14.2. The molecule has 3 aromatic rings. The van der Waals surface area contributed by atoms with Gasteiger partial charge in [0.25, 0.3) is 0 Å². The monoisotopic (exact) mass is 395 g/mol. The Balaban J connectivity index is 1.52. The Labute approximate surface area is 170 Å². The third kappa shape index (κ3) is 5.13. The summed E-state index contributed by atoms with van der Waals surface area (Å²) in [6.45, 7) is 0.631. The normalized spacial score (nSPS) is 10.7. The van der Waals surface area contributed by atoms with Crippen LogP contribution in [0.5, 0.6) is 0 Å². The minimum absolute atomic E-state index is 0.000757. The summed E-state index contributed by atoms with van der Waals surface area (Å²) in [5.41, 5.74) is 3.35. The molecule has 2 aromatic carbocycles. The fourth-order valence-electron chi connectivity index (χ4n) is 2.77. The van der Waals surface area contributed by atoms with Crippen LogP contribution >= 0.6 is 11.8 Å². The number of benzene rings is 2. The fraction of sp³-hybridized carbons (Fsp3) is 0.286. The number of nitrogens with zero attached hydrogens (tertiary/aromatic N) is 4. The summed E-state index contributed by atoms with van der Waals surface area (Å²) in [7, 11) is 5.94. The Morgan fingerprint density at radius 2 is 1.79 bits per heavy atom. The summed E-state index contributed by atoms with van der Waals surface area (Å²) in [6.07, 6.45) is 0.828. The molecule has 0 bridgehead atoms. The summed E-state index contributed by atoms with van der Waals surface area (Å²) >= 11 is 1.39. The van der Waals surface area contributed by atoms with Crippen LogP contribution in [0, 0.1) is 0 Å². The maximum atomic E-state index is 12.1. The molecule has 0 atom stereocenters. The van der Waals surface area contributed by atoms with Gasteiger partial charge in [0, 0.05) is 38.9 Å². The van der Waals surface area contributed by atoms with E-state index in [4.69, 9.17) is 0 Å². The minimum Gasteiger partial charge on any atom is -0.378 e. The average molecular weight is 396 g/mol. The number of anilines is 1. The van der Waals surface area contributed by atoms with Gasteiger partial charge < -0.3 is 14.8 Å². The third-order valence-electron chi connectivity index (χ3n) is 4.39. The predicted octanol–water partition coefficient (Wildman–Crippen LogP) is 3.00. The van der Waals surface area contributed by atoms with Crippen molar-refractivity contribution in [2.45, 2.75) is 11.6 Å². The standard InChI is InChI=1S/C21H25N5OS/c1-25(2)18-11-9-17(10-12-18)20-23-24-21(26(20)3)28-15-19(27)22-14-13-16-7-5-4-6-8-16/h4-12H,13-15H2,1-3H3,(H,22,27). The highest BCUT2D eigenvalue weighted by Crippen LogP contribution is 2.24. The second-order valence-electron chi connectivity index (χ2n) is 6.68. The van der Waals surface area contributed by atoms with Crippen molar-refractivity contribution in [1.82, 2.24) is 20.1 Å². The number of rotatable bonds is 8. The molecule has 1 aromatic heterocycles. The molecule has 3 rings (SSSR count). The Morgan fingerprint density at radius 3 is 2.46 bits per heavy atom. The SMILES string of the molecule is CN(C)c1ccc(-c2nnc(SCC(=O)NCCc3ccccc3)n2C)cc1. The molecule has 1 heterocycles. The summed E-state index contributed by atoms with van der Waals surface area (Å²) in [5.74, 6) is 1.11. The molecule has 146 valence electrons. The number of nitrogens with one attached hydrogen (secondary N) is 1. The molecule has 0 saturated heterocycles. The van der Waals surface area contributed by atoms with Gasteiger partial charge in [0.2, 0.25) is 5.91 Å².